The Labute approximate surface area is 239 Å². The summed E-state index contributed by atoms with van der Waals surface area (Å²) >= 11 is 0. The molecule has 7 nitrogen and oxygen atoms in total. The molecule has 4 aromatic rings. The first-order valence-electron chi connectivity index (χ1n) is 13.6. The summed E-state index contributed by atoms with van der Waals surface area (Å²) < 4.78 is 54.1. The standard InChI is InChI=1S/C31H28F4N4O3/c32-22-12-9-20(10-13-22)29-25(6-2-4-8-28(40)41)36-26-19-21(11-14-24(26)37-29)30(42)39-17-15-38(16-18-39)27-7-3-1-5-23(27)31(33,34)35/h1,3,5,7,9-14,19H,2,4,6,8,15-18H2,(H,40,41). The largest absolute Gasteiger partial charge is 0.481 e. The number of para-hydroxylation sites is 1. The van der Waals surface area contributed by atoms with Crippen LogP contribution < -0.4 is 4.90 Å². The van der Waals surface area contributed by atoms with Crippen molar-refractivity contribution < 1.29 is 32.3 Å². The fourth-order valence-corrected chi connectivity index (χ4v) is 5.13. The number of carbonyl (C=O) groups excluding carboxylic acids is 1. The third kappa shape index (κ3) is 6.50. The molecule has 1 fully saturated rings. The van der Waals surface area contributed by atoms with Crippen molar-refractivity contribution in [3.63, 3.8) is 0 Å². The Morgan fingerprint density at radius 1 is 0.857 bits per heavy atom. The van der Waals surface area contributed by atoms with E-state index < -0.39 is 17.7 Å². The molecule has 1 aliphatic rings. The molecule has 3 aromatic carbocycles. The molecule has 1 aromatic heterocycles. The van der Waals surface area contributed by atoms with Gasteiger partial charge in [0.15, 0.2) is 0 Å². The van der Waals surface area contributed by atoms with Crippen molar-refractivity contribution in [2.45, 2.75) is 31.9 Å². The van der Waals surface area contributed by atoms with Gasteiger partial charge in [-0.25, -0.2) is 14.4 Å². The summed E-state index contributed by atoms with van der Waals surface area (Å²) in [5, 5.41) is 8.97. The Morgan fingerprint density at radius 3 is 2.26 bits per heavy atom. The first-order valence-corrected chi connectivity index (χ1v) is 13.6. The second-order valence-electron chi connectivity index (χ2n) is 10.1. The van der Waals surface area contributed by atoms with E-state index >= 15 is 0 Å². The second-order valence-corrected chi connectivity index (χ2v) is 10.1. The van der Waals surface area contributed by atoms with Crippen molar-refractivity contribution in [3.05, 3.63) is 89.4 Å². The van der Waals surface area contributed by atoms with Gasteiger partial charge in [-0.15, -0.1) is 0 Å². The summed E-state index contributed by atoms with van der Waals surface area (Å²) in [4.78, 5) is 37.1. The number of aromatic nitrogens is 2. The third-order valence-electron chi connectivity index (χ3n) is 7.27. The lowest BCUT2D eigenvalue weighted by Crippen LogP contribution is -2.49. The summed E-state index contributed by atoms with van der Waals surface area (Å²) in [6, 6.07) is 16.3. The van der Waals surface area contributed by atoms with E-state index in [0.29, 0.717) is 52.8 Å². The van der Waals surface area contributed by atoms with Crippen molar-refractivity contribution >= 4 is 28.6 Å². The number of unbranched alkanes of at least 4 members (excludes halogenated alkanes) is 1. The number of benzene rings is 3. The minimum Gasteiger partial charge on any atom is -0.481 e. The number of piperazine rings is 1. The molecular weight excluding hydrogens is 552 g/mol. The Balaban J connectivity index is 1.36. The number of halogens is 4. The van der Waals surface area contributed by atoms with E-state index in [4.69, 9.17) is 15.1 Å². The first-order chi connectivity index (χ1) is 20.1. The predicted octanol–water partition coefficient (Wildman–Crippen LogP) is 6.21. The van der Waals surface area contributed by atoms with Gasteiger partial charge in [0.2, 0.25) is 0 Å². The van der Waals surface area contributed by atoms with Crippen molar-refractivity contribution in [2.75, 3.05) is 31.1 Å². The third-order valence-corrected chi connectivity index (χ3v) is 7.27. The molecule has 0 spiro atoms. The van der Waals surface area contributed by atoms with Crippen molar-refractivity contribution in [1.29, 1.82) is 0 Å². The molecule has 1 amide bonds. The van der Waals surface area contributed by atoms with E-state index in [1.165, 1.54) is 24.3 Å². The Bertz CT molecular complexity index is 1600. The SMILES string of the molecule is O=C(O)CCCCc1nc2cc(C(=O)N3CCN(c4ccccc4C(F)(F)F)CC3)ccc2nc1-c1ccc(F)cc1. The van der Waals surface area contributed by atoms with Crippen LogP contribution in [0.2, 0.25) is 0 Å². The number of anilines is 1. The molecule has 0 radical (unpaired) electrons. The maximum Gasteiger partial charge on any atom is 0.418 e. The molecule has 0 atom stereocenters. The number of hydrogen-bond donors (Lipinski definition) is 1. The highest BCUT2D eigenvalue weighted by atomic mass is 19.4. The fourth-order valence-electron chi connectivity index (χ4n) is 5.13. The zero-order valence-corrected chi connectivity index (χ0v) is 22.6. The number of aryl methyl sites for hydroxylation is 1. The molecule has 11 heteroatoms. The van der Waals surface area contributed by atoms with Crippen molar-refractivity contribution in [3.8, 4) is 11.3 Å². The highest BCUT2D eigenvalue weighted by Crippen LogP contribution is 2.37. The van der Waals surface area contributed by atoms with Gasteiger partial charge < -0.3 is 14.9 Å². The van der Waals surface area contributed by atoms with Gasteiger partial charge in [-0.1, -0.05) is 12.1 Å². The number of amides is 1. The van der Waals surface area contributed by atoms with Crippen LogP contribution in [0.25, 0.3) is 22.3 Å². The fraction of sp³-hybridized carbons (Fsp3) is 0.290. The lowest BCUT2D eigenvalue weighted by molar-refractivity contribution is -0.138. The molecule has 2 heterocycles. The van der Waals surface area contributed by atoms with Crippen LogP contribution in [0.3, 0.4) is 0 Å². The van der Waals surface area contributed by atoms with Crippen molar-refractivity contribution in [2.24, 2.45) is 0 Å². The average Bonchev–Trinajstić information content (AvgIpc) is 2.98. The zero-order chi connectivity index (χ0) is 29.9. The van der Waals surface area contributed by atoms with Gasteiger partial charge >= 0.3 is 12.1 Å². The second kappa shape index (κ2) is 12.1. The van der Waals surface area contributed by atoms with Crippen LogP contribution in [0.15, 0.2) is 66.7 Å². The summed E-state index contributed by atoms with van der Waals surface area (Å²) in [6.45, 7) is 1.03. The molecule has 42 heavy (non-hydrogen) atoms. The molecule has 0 saturated carbocycles. The number of aliphatic carboxylic acids is 1. The lowest BCUT2D eigenvalue weighted by Gasteiger charge is -2.37. The summed E-state index contributed by atoms with van der Waals surface area (Å²) in [5.41, 5.74) is 2.65. The summed E-state index contributed by atoms with van der Waals surface area (Å²) in [6.07, 6.45) is -2.98. The van der Waals surface area contributed by atoms with Crippen LogP contribution >= 0.6 is 0 Å². The number of alkyl halides is 3. The zero-order valence-electron chi connectivity index (χ0n) is 22.6. The number of carboxylic acids is 1. The van der Waals surface area contributed by atoms with E-state index in [1.807, 2.05) is 0 Å². The molecule has 0 unspecified atom stereocenters. The van der Waals surface area contributed by atoms with Crippen LogP contribution in [0.5, 0.6) is 0 Å². The van der Waals surface area contributed by atoms with Gasteiger partial charge in [0.05, 0.1) is 28.0 Å². The number of nitrogens with zero attached hydrogens (tertiary/aromatic N) is 4. The number of rotatable bonds is 8. The van der Waals surface area contributed by atoms with Crippen molar-refractivity contribution in [1.82, 2.24) is 14.9 Å². The highest BCUT2D eigenvalue weighted by molar-refractivity contribution is 5.97. The van der Waals surface area contributed by atoms with Gasteiger partial charge in [-0.3, -0.25) is 9.59 Å². The highest BCUT2D eigenvalue weighted by Gasteiger charge is 2.35. The Morgan fingerprint density at radius 2 is 1.57 bits per heavy atom. The quantitative estimate of drug-likeness (QED) is 0.197. The maximum absolute atomic E-state index is 13.6. The Hall–Kier alpha value is -4.54. The van der Waals surface area contributed by atoms with Crippen LogP contribution in [0, 0.1) is 5.82 Å². The molecule has 1 aliphatic heterocycles. The van der Waals surface area contributed by atoms with Crippen LogP contribution in [0.4, 0.5) is 23.2 Å². The van der Waals surface area contributed by atoms with E-state index in [1.54, 1.807) is 46.2 Å². The monoisotopic (exact) mass is 580 g/mol. The summed E-state index contributed by atoms with van der Waals surface area (Å²) in [7, 11) is 0. The number of hydrogen-bond acceptors (Lipinski definition) is 5. The topological polar surface area (TPSA) is 86.6 Å². The maximum atomic E-state index is 13.6. The molecule has 1 saturated heterocycles. The Kier molecular flexibility index (Phi) is 8.37. The van der Waals surface area contributed by atoms with Gasteiger partial charge in [0, 0.05) is 49.4 Å². The van der Waals surface area contributed by atoms with E-state index in [-0.39, 0.29) is 50.0 Å². The van der Waals surface area contributed by atoms with E-state index in [9.17, 15) is 27.2 Å². The molecule has 1 N–H and O–H groups in total. The van der Waals surface area contributed by atoms with Gasteiger partial charge in [0.1, 0.15) is 5.82 Å². The number of fused-ring (bicyclic) bond motifs is 1. The minimum atomic E-state index is -4.47. The van der Waals surface area contributed by atoms with Gasteiger partial charge in [-0.2, -0.15) is 13.2 Å². The molecule has 0 bridgehead atoms. The van der Waals surface area contributed by atoms with Gasteiger partial charge in [-0.05, 0) is 73.9 Å². The number of carboxylic acid groups (broad SMARTS) is 1. The predicted molar refractivity (Wildman–Crippen MR) is 150 cm³/mol. The van der Waals surface area contributed by atoms with Crippen LogP contribution in [-0.4, -0.2) is 58.0 Å². The molecule has 0 aliphatic carbocycles. The lowest BCUT2D eigenvalue weighted by atomic mass is 10.0. The van der Waals surface area contributed by atoms with Gasteiger partial charge in [0.25, 0.3) is 5.91 Å². The minimum absolute atomic E-state index is 0.0284. The first kappa shape index (κ1) is 29.0. The number of carbonyl (C=O) groups is 2. The van der Waals surface area contributed by atoms with Crippen LogP contribution in [-0.2, 0) is 17.4 Å². The molecular formula is C31H28F4N4O3. The normalized spacial score (nSPS) is 13.9. The summed E-state index contributed by atoms with van der Waals surface area (Å²) in [5.74, 6) is -1.52. The molecule has 218 valence electrons. The van der Waals surface area contributed by atoms with Crippen LogP contribution in [0.1, 0.15) is 40.9 Å². The smallest absolute Gasteiger partial charge is 0.418 e. The molecule has 5 rings (SSSR count). The van der Waals surface area contributed by atoms with E-state index in [2.05, 4.69) is 0 Å². The van der Waals surface area contributed by atoms with E-state index in [0.717, 1.165) is 6.07 Å². The average molecular weight is 581 g/mol.